The minimum atomic E-state index is -0.284. The summed E-state index contributed by atoms with van der Waals surface area (Å²) in [6.45, 7) is 2.26. The van der Waals surface area contributed by atoms with Gasteiger partial charge in [0.05, 0.1) is 30.0 Å². The Morgan fingerprint density at radius 3 is 2.47 bits per heavy atom. The van der Waals surface area contributed by atoms with Crippen LogP contribution in [0, 0.1) is 6.92 Å². The number of benzene rings is 2. The van der Waals surface area contributed by atoms with Crippen LogP contribution in [0.4, 0.5) is 0 Å². The van der Waals surface area contributed by atoms with Gasteiger partial charge in [-0.25, -0.2) is 4.68 Å². The highest BCUT2D eigenvalue weighted by molar-refractivity contribution is 6.42. The van der Waals surface area contributed by atoms with Gasteiger partial charge in [-0.05, 0) is 61.4 Å². The molecule has 0 atom stereocenters. The molecular formula is C25H23Cl2N3O4. The highest BCUT2D eigenvalue weighted by Gasteiger charge is 2.19. The van der Waals surface area contributed by atoms with Crippen molar-refractivity contribution >= 4 is 29.1 Å². The summed E-state index contributed by atoms with van der Waals surface area (Å²) in [5.74, 6) is 2.33. The van der Waals surface area contributed by atoms with E-state index >= 15 is 0 Å². The molecule has 2 aromatic heterocycles. The number of hydrogen-bond acceptors (Lipinski definition) is 5. The average molecular weight is 500 g/mol. The van der Waals surface area contributed by atoms with E-state index in [1.165, 1.54) is 4.68 Å². The standard InChI is InChI=1S/C25H23Cl2N3O4/c1-15-4-8-22(34-15)20-14-21(30(29-20)17-6-7-18(26)19(27)13-17)25(31)28-11-10-16-5-9-23(32-2)24(12-16)33-3/h4-9,12-14H,10-11H2,1-3H3,(H,28,31). The fourth-order valence-corrected chi connectivity index (χ4v) is 3.79. The molecule has 2 aromatic carbocycles. The molecule has 0 spiro atoms. The first kappa shape index (κ1) is 23.7. The first-order chi connectivity index (χ1) is 16.4. The second-order valence-electron chi connectivity index (χ2n) is 7.53. The van der Waals surface area contributed by atoms with E-state index in [0.717, 1.165) is 11.3 Å². The molecule has 0 aliphatic carbocycles. The summed E-state index contributed by atoms with van der Waals surface area (Å²) in [6.07, 6.45) is 0.608. The third-order valence-electron chi connectivity index (χ3n) is 5.23. The van der Waals surface area contributed by atoms with Crippen LogP contribution in [0.3, 0.4) is 0 Å². The van der Waals surface area contributed by atoms with E-state index in [4.69, 9.17) is 37.1 Å². The van der Waals surface area contributed by atoms with E-state index in [1.807, 2.05) is 37.3 Å². The molecule has 34 heavy (non-hydrogen) atoms. The van der Waals surface area contributed by atoms with Crippen molar-refractivity contribution in [1.29, 1.82) is 0 Å². The van der Waals surface area contributed by atoms with E-state index in [9.17, 15) is 4.79 Å². The maximum absolute atomic E-state index is 13.1. The number of ether oxygens (including phenoxy) is 2. The largest absolute Gasteiger partial charge is 0.493 e. The Hall–Kier alpha value is -3.42. The lowest BCUT2D eigenvalue weighted by Gasteiger charge is -2.11. The van der Waals surface area contributed by atoms with Crippen LogP contribution in [0.1, 0.15) is 21.8 Å². The van der Waals surface area contributed by atoms with Gasteiger partial charge >= 0.3 is 0 Å². The zero-order chi connectivity index (χ0) is 24.2. The van der Waals surface area contributed by atoms with Crippen LogP contribution in [0.5, 0.6) is 11.5 Å². The van der Waals surface area contributed by atoms with Crippen molar-refractivity contribution in [2.45, 2.75) is 13.3 Å². The first-order valence-electron chi connectivity index (χ1n) is 10.5. The van der Waals surface area contributed by atoms with Gasteiger partial charge in [0.2, 0.25) is 0 Å². The summed E-state index contributed by atoms with van der Waals surface area (Å²) < 4.78 is 17.9. The number of hydrogen-bond donors (Lipinski definition) is 1. The quantitative estimate of drug-likeness (QED) is 0.334. The second kappa shape index (κ2) is 10.2. The van der Waals surface area contributed by atoms with Crippen molar-refractivity contribution in [3.63, 3.8) is 0 Å². The van der Waals surface area contributed by atoms with Gasteiger partial charge in [-0.1, -0.05) is 29.3 Å². The van der Waals surface area contributed by atoms with Crippen molar-refractivity contribution in [3.05, 3.63) is 81.7 Å². The molecule has 0 aliphatic heterocycles. The van der Waals surface area contributed by atoms with Gasteiger partial charge in [0.25, 0.3) is 5.91 Å². The molecule has 176 valence electrons. The lowest BCUT2D eigenvalue weighted by Crippen LogP contribution is -2.27. The van der Waals surface area contributed by atoms with E-state index in [-0.39, 0.29) is 5.91 Å². The number of aryl methyl sites for hydroxylation is 1. The fourth-order valence-electron chi connectivity index (χ4n) is 3.50. The third-order valence-corrected chi connectivity index (χ3v) is 5.97. The number of rotatable bonds is 8. The normalized spacial score (nSPS) is 10.9. The Labute approximate surface area is 207 Å². The molecule has 0 aliphatic rings. The van der Waals surface area contributed by atoms with Crippen molar-refractivity contribution in [2.24, 2.45) is 0 Å². The van der Waals surface area contributed by atoms with Crippen LogP contribution >= 0.6 is 23.2 Å². The van der Waals surface area contributed by atoms with Gasteiger partial charge in [-0.3, -0.25) is 4.79 Å². The van der Waals surface area contributed by atoms with E-state index < -0.39 is 0 Å². The molecular weight excluding hydrogens is 477 g/mol. The van der Waals surface area contributed by atoms with Crippen LogP contribution in [-0.2, 0) is 6.42 Å². The smallest absolute Gasteiger partial charge is 0.270 e. The van der Waals surface area contributed by atoms with Crippen LogP contribution in [0.15, 0.2) is 59.0 Å². The topological polar surface area (TPSA) is 78.5 Å². The maximum Gasteiger partial charge on any atom is 0.270 e. The molecule has 0 bridgehead atoms. The first-order valence-corrected chi connectivity index (χ1v) is 11.3. The Kier molecular flexibility index (Phi) is 7.14. The monoisotopic (exact) mass is 499 g/mol. The van der Waals surface area contributed by atoms with Gasteiger partial charge in [0.15, 0.2) is 17.3 Å². The van der Waals surface area contributed by atoms with E-state index in [2.05, 4.69) is 10.4 Å². The average Bonchev–Trinajstić information content (AvgIpc) is 3.47. The third kappa shape index (κ3) is 5.05. The van der Waals surface area contributed by atoms with Gasteiger partial charge in [0.1, 0.15) is 17.1 Å². The number of aromatic nitrogens is 2. The number of carbonyl (C=O) groups is 1. The van der Waals surface area contributed by atoms with Gasteiger partial charge in [-0.15, -0.1) is 0 Å². The van der Waals surface area contributed by atoms with Crippen LogP contribution < -0.4 is 14.8 Å². The summed E-state index contributed by atoms with van der Waals surface area (Å²) in [5, 5.41) is 8.33. The van der Waals surface area contributed by atoms with Gasteiger partial charge < -0.3 is 19.2 Å². The molecule has 4 rings (SSSR count). The Bertz CT molecular complexity index is 1330. The van der Waals surface area contributed by atoms with E-state index in [1.54, 1.807) is 38.5 Å². The SMILES string of the molecule is COc1ccc(CCNC(=O)c2cc(-c3ccc(C)o3)nn2-c2ccc(Cl)c(Cl)c2)cc1OC. The molecule has 2 heterocycles. The molecule has 0 unspecified atom stereocenters. The number of furan rings is 1. The lowest BCUT2D eigenvalue weighted by molar-refractivity contribution is 0.0946. The van der Waals surface area contributed by atoms with Crippen molar-refractivity contribution < 1.29 is 18.7 Å². The minimum absolute atomic E-state index is 0.284. The van der Waals surface area contributed by atoms with Crippen molar-refractivity contribution in [3.8, 4) is 28.6 Å². The number of methoxy groups -OCH3 is 2. The zero-order valence-electron chi connectivity index (χ0n) is 18.9. The summed E-state index contributed by atoms with van der Waals surface area (Å²) in [7, 11) is 3.18. The summed E-state index contributed by atoms with van der Waals surface area (Å²) in [4.78, 5) is 13.1. The van der Waals surface area contributed by atoms with Crippen LogP contribution in [-0.4, -0.2) is 36.5 Å². The summed E-state index contributed by atoms with van der Waals surface area (Å²) in [5.41, 5.74) is 2.48. The van der Waals surface area contributed by atoms with Crippen LogP contribution in [0.25, 0.3) is 17.1 Å². The number of amides is 1. The molecule has 4 aromatic rings. The van der Waals surface area contributed by atoms with Gasteiger partial charge in [-0.2, -0.15) is 5.10 Å². The Morgan fingerprint density at radius 2 is 1.79 bits per heavy atom. The molecule has 0 saturated heterocycles. The summed E-state index contributed by atoms with van der Waals surface area (Å²) >= 11 is 12.3. The van der Waals surface area contributed by atoms with Gasteiger partial charge in [0, 0.05) is 12.6 Å². The zero-order valence-corrected chi connectivity index (χ0v) is 20.4. The Morgan fingerprint density at radius 1 is 1.00 bits per heavy atom. The Balaban J connectivity index is 1.57. The molecule has 1 amide bonds. The molecule has 9 heteroatoms. The van der Waals surface area contributed by atoms with Crippen molar-refractivity contribution in [1.82, 2.24) is 15.1 Å². The molecule has 0 radical (unpaired) electrons. The predicted molar refractivity (Wildman–Crippen MR) is 132 cm³/mol. The predicted octanol–water partition coefficient (Wildman–Crippen LogP) is 5.74. The second-order valence-corrected chi connectivity index (χ2v) is 8.34. The number of nitrogens with zero attached hydrogens (tertiary/aromatic N) is 2. The fraction of sp³-hybridized carbons (Fsp3) is 0.200. The molecule has 0 fully saturated rings. The number of carbonyl (C=O) groups excluding carboxylic acids is 1. The van der Waals surface area contributed by atoms with E-state index in [0.29, 0.717) is 57.3 Å². The summed E-state index contributed by atoms with van der Waals surface area (Å²) in [6, 6.07) is 16.1. The minimum Gasteiger partial charge on any atom is -0.493 e. The number of halogens is 2. The number of nitrogens with one attached hydrogen (secondary N) is 1. The molecule has 0 saturated carbocycles. The molecule has 7 nitrogen and oxygen atoms in total. The van der Waals surface area contributed by atoms with Crippen molar-refractivity contribution in [2.75, 3.05) is 20.8 Å². The lowest BCUT2D eigenvalue weighted by atomic mass is 10.1. The van der Waals surface area contributed by atoms with Crippen LogP contribution in [0.2, 0.25) is 10.0 Å². The highest BCUT2D eigenvalue weighted by atomic mass is 35.5. The maximum atomic E-state index is 13.1. The highest BCUT2D eigenvalue weighted by Crippen LogP contribution is 2.29. The molecule has 1 N–H and O–H groups in total.